The fourth-order valence-electron chi connectivity index (χ4n) is 1.53. The van der Waals surface area contributed by atoms with E-state index in [0.29, 0.717) is 10.9 Å². The van der Waals surface area contributed by atoms with Crippen molar-refractivity contribution < 1.29 is 19.8 Å². The van der Waals surface area contributed by atoms with Crippen LogP contribution in [0.25, 0.3) is 0 Å². The monoisotopic (exact) mass is 336 g/mol. The molecule has 10 heteroatoms. The van der Waals surface area contributed by atoms with E-state index in [1.54, 1.807) is 25.2 Å². The van der Waals surface area contributed by atoms with Crippen LogP contribution in [0.4, 0.5) is 0 Å². The molecule has 0 spiro atoms. The minimum atomic E-state index is -1.05. The van der Waals surface area contributed by atoms with Crippen molar-refractivity contribution in [2.45, 2.75) is 23.7 Å². The number of halogens is 1. The van der Waals surface area contributed by atoms with Crippen LogP contribution in [0.3, 0.4) is 0 Å². The number of nitrogens with one attached hydrogen (secondary N) is 2. The van der Waals surface area contributed by atoms with Gasteiger partial charge in [0, 0.05) is 24.1 Å². The smallest absolute Gasteiger partial charge is 0.322 e. The van der Waals surface area contributed by atoms with E-state index < -0.39 is 24.0 Å². The Morgan fingerprint density at radius 1 is 1.48 bits per heavy atom. The first-order valence-electron chi connectivity index (χ1n) is 6.00. The lowest BCUT2D eigenvalue weighted by molar-refractivity contribution is -0.142. The van der Waals surface area contributed by atoms with Crippen molar-refractivity contribution in [1.82, 2.24) is 19.7 Å². The number of H-pyrrole nitrogens is 1. The van der Waals surface area contributed by atoms with Crippen molar-refractivity contribution in [2.75, 3.05) is 19.8 Å². The summed E-state index contributed by atoms with van der Waals surface area (Å²) in [6.45, 7) is 0. The van der Waals surface area contributed by atoms with Crippen LogP contribution < -0.4 is 4.84 Å². The highest BCUT2D eigenvalue weighted by atomic mass is 35.5. The van der Waals surface area contributed by atoms with Crippen LogP contribution >= 0.6 is 23.5 Å². The lowest BCUT2D eigenvalue weighted by atomic mass is 10.1. The number of rotatable bonds is 9. The molecule has 0 aromatic carbocycles. The molecule has 1 rings (SSSR count). The highest BCUT2D eigenvalue weighted by molar-refractivity contribution is 7.99. The van der Waals surface area contributed by atoms with E-state index >= 15 is 0 Å². The van der Waals surface area contributed by atoms with Gasteiger partial charge in [0.1, 0.15) is 12.1 Å². The zero-order chi connectivity index (χ0) is 16.0. The predicted molar refractivity (Wildman–Crippen MR) is 78.5 cm³/mol. The van der Waals surface area contributed by atoms with Crippen molar-refractivity contribution in [3.63, 3.8) is 0 Å². The maximum absolute atomic E-state index is 11.1. The Morgan fingerprint density at radius 3 is 2.62 bits per heavy atom. The molecule has 0 bridgehead atoms. The molecule has 8 nitrogen and oxygen atoms in total. The number of aromatic nitrogens is 2. The molecule has 1 aromatic heterocycles. The number of nitrogens with zero attached hydrogens (tertiary/aromatic N) is 2. The summed E-state index contributed by atoms with van der Waals surface area (Å²) >= 11 is 6.52. The van der Waals surface area contributed by atoms with Gasteiger partial charge < -0.3 is 15.2 Å². The molecule has 0 aliphatic rings. The van der Waals surface area contributed by atoms with Crippen molar-refractivity contribution in [3.05, 3.63) is 11.9 Å². The number of aromatic amines is 1. The van der Waals surface area contributed by atoms with E-state index in [2.05, 4.69) is 14.8 Å². The van der Waals surface area contributed by atoms with Crippen LogP contribution in [0.1, 0.15) is 5.69 Å². The van der Waals surface area contributed by atoms with Crippen molar-refractivity contribution >= 4 is 35.5 Å². The van der Waals surface area contributed by atoms with Crippen LogP contribution in [-0.2, 0) is 16.0 Å². The number of hydrogen-bond donors (Lipinski definition) is 4. The van der Waals surface area contributed by atoms with E-state index in [1.165, 1.54) is 11.8 Å². The van der Waals surface area contributed by atoms with Crippen LogP contribution in [0.5, 0.6) is 0 Å². The van der Waals surface area contributed by atoms with Gasteiger partial charge in [-0.2, -0.15) is 0 Å². The Kier molecular flexibility index (Phi) is 6.96. The molecule has 1 aromatic rings. The third-order valence-corrected chi connectivity index (χ3v) is 3.99. The van der Waals surface area contributed by atoms with Gasteiger partial charge in [-0.05, 0) is 25.9 Å². The molecule has 0 aliphatic carbocycles. The number of thioether (sulfide) groups is 1. The molecule has 4 N–H and O–H groups in total. The molecule has 0 aliphatic heterocycles. The number of imidazole rings is 1. The van der Waals surface area contributed by atoms with Gasteiger partial charge in [0.25, 0.3) is 0 Å². The molecule has 0 radical (unpaired) electrons. The average molecular weight is 337 g/mol. The van der Waals surface area contributed by atoms with Gasteiger partial charge in [0.05, 0.1) is 0 Å². The largest absolute Gasteiger partial charge is 0.480 e. The van der Waals surface area contributed by atoms with E-state index in [1.807, 2.05) is 0 Å². The Bertz CT molecular complexity index is 496. The van der Waals surface area contributed by atoms with Crippen molar-refractivity contribution in [2.24, 2.45) is 0 Å². The third-order valence-electron chi connectivity index (χ3n) is 2.74. The number of aliphatic carboxylic acids is 2. The minimum Gasteiger partial charge on any atom is -0.480 e. The lowest BCUT2D eigenvalue weighted by Crippen LogP contribution is -2.37. The fourth-order valence-corrected chi connectivity index (χ4v) is 2.67. The maximum Gasteiger partial charge on any atom is 0.322 e. The van der Waals surface area contributed by atoms with E-state index in [9.17, 15) is 9.59 Å². The summed E-state index contributed by atoms with van der Waals surface area (Å²) < 4.78 is 0. The first-order valence-corrected chi connectivity index (χ1v) is 7.36. The SMILES string of the molecule is CN(C)C(Cc1cnc(SCC(NCl)C(=O)O)[nH]1)C(=O)O. The second-order valence-electron chi connectivity index (χ2n) is 4.55. The second-order valence-corrected chi connectivity index (χ2v) is 5.77. The zero-order valence-electron chi connectivity index (χ0n) is 11.5. The van der Waals surface area contributed by atoms with Gasteiger partial charge in [-0.3, -0.25) is 14.5 Å². The Labute approximate surface area is 131 Å². The molecule has 0 amide bonds. The van der Waals surface area contributed by atoms with Gasteiger partial charge in [-0.15, -0.1) is 0 Å². The first-order chi connectivity index (χ1) is 9.85. The number of carboxylic acid groups (broad SMARTS) is 2. The zero-order valence-corrected chi connectivity index (χ0v) is 13.1. The molecular formula is C11H17ClN4O4S. The molecule has 0 saturated carbocycles. The van der Waals surface area contributed by atoms with Crippen molar-refractivity contribution in [3.8, 4) is 0 Å². The summed E-state index contributed by atoms with van der Waals surface area (Å²) in [7, 11) is 3.38. The number of hydrogen-bond acceptors (Lipinski definition) is 6. The van der Waals surface area contributed by atoms with Crippen LogP contribution in [-0.4, -0.2) is 69.0 Å². The Hall–Kier alpha value is -1.29. The van der Waals surface area contributed by atoms with Crippen LogP contribution in [0.2, 0.25) is 0 Å². The first kappa shape index (κ1) is 17.8. The normalized spacial score (nSPS) is 14.1. The highest BCUT2D eigenvalue weighted by Crippen LogP contribution is 2.16. The molecule has 2 unspecified atom stereocenters. The Morgan fingerprint density at radius 2 is 2.14 bits per heavy atom. The highest BCUT2D eigenvalue weighted by Gasteiger charge is 2.22. The predicted octanol–water partition coefficient (Wildman–Crippen LogP) is 0.256. The second kappa shape index (κ2) is 8.23. The summed E-state index contributed by atoms with van der Waals surface area (Å²) in [5.74, 6) is -1.77. The standard InChI is InChI=1S/C11H17ClN4O4S/c1-16(2)8(10(19)20)3-6-4-13-11(14-6)21-5-7(15-12)9(17)18/h4,7-8,15H,3,5H2,1-2H3,(H,13,14)(H,17,18)(H,19,20). The van der Waals surface area contributed by atoms with Gasteiger partial charge in [0.15, 0.2) is 5.16 Å². The molecule has 118 valence electrons. The molecule has 1 heterocycles. The lowest BCUT2D eigenvalue weighted by Gasteiger charge is -2.18. The van der Waals surface area contributed by atoms with E-state index in [0.717, 1.165) is 0 Å². The number of carboxylic acids is 2. The van der Waals surface area contributed by atoms with Crippen molar-refractivity contribution in [1.29, 1.82) is 0 Å². The van der Waals surface area contributed by atoms with Gasteiger partial charge in [-0.25, -0.2) is 9.82 Å². The summed E-state index contributed by atoms with van der Waals surface area (Å²) in [5, 5.41) is 18.5. The van der Waals surface area contributed by atoms with E-state index in [4.69, 9.17) is 22.0 Å². The topological polar surface area (TPSA) is 119 Å². The number of likely N-dealkylation sites (N-methyl/N-ethyl adjacent to an activating group) is 1. The Balaban J connectivity index is 2.60. The average Bonchev–Trinajstić information content (AvgIpc) is 2.83. The van der Waals surface area contributed by atoms with E-state index in [-0.39, 0.29) is 12.2 Å². The maximum atomic E-state index is 11.1. The molecular weight excluding hydrogens is 320 g/mol. The minimum absolute atomic E-state index is 0.196. The molecule has 0 fully saturated rings. The van der Waals surface area contributed by atoms with Gasteiger partial charge >= 0.3 is 11.9 Å². The summed E-state index contributed by atoms with van der Waals surface area (Å²) in [6, 6.07) is -1.54. The summed E-state index contributed by atoms with van der Waals surface area (Å²) in [6.07, 6.45) is 1.83. The quantitative estimate of drug-likeness (QED) is 0.374. The molecule has 21 heavy (non-hydrogen) atoms. The van der Waals surface area contributed by atoms with Crippen LogP contribution in [0, 0.1) is 0 Å². The molecule has 2 atom stereocenters. The third kappa shape index (κ3) is 5.54. The van der Waals surface area contributed by atoms with Crippen LogP contribution in [0.15, 0.2) is 11.4 Å². The van der Waals surface area contributed by atoms with Gasteiger partial charge in [0.2, 0.25) is 0 Å². The summed E-state index contributed by atoms with van der Waals surface area (Å²) in [4.78, 5) is 32.7. The summed E-state index contributed by atoms with van der Waals surface area (Å²) in [5.41, 5.74) is 0.671. The molecule has 0 saturated heterocycles. The fraction of sp³-hybridized carbons (Fsp3) is 0.545. The van der Waals surface area contributed by atoms with Gasteiger partial charge in [-0.1, -0.05) is 11.8 Å². The number of carbonyl (C=O) groups is 2.